The van der Waals surface area contributed by atoms with Crippen molar-refractivity contribution >= 4 is 5.91 Å². The molecule has 2 N–H and O–H groups in total. The summed E-state index contributed by atoms with van der Waals surface area (Å²) in [5.41, 5.74) is 2.48. The number of hydrogen-bond donors (Lipinski definition) is 2. The molecule has 1 aliphatic rings. The van der Waals surface area contributed by atoms with Crippen molar-refractivity contribution in [2.24, 2.45) is 0 Å². The number of nitrogens with one attached hydrogen (secondary N) is 2. The zero-order valence-electron chi connectivity index (χ0n) is 15.7. The molecule has 1 aromatic heterocycles. The summed E-state index contributed by atoms with van der Waals surface area (Å²) in [5, 5.41) is 7.22. The maximum absolute atomic E-state index is 12.2. The van der Waals surface area contributed by atoms with Crippen molar-refractivity contribution in [1.82, 2.24) is 15.1 Å². The highest BCUT2D eigenvalue weighted by Crippen LogP contribution is 2.15. The molecule has 0 aliphatic carbocycles. The van der Waals surface area contributed by atoms with Crippen LogP contribution in [0.2, 0.25) is 0 Å². The second-order valence-electron chi connectivity index (χ2n) is 6.90. The first kappa shape index (κ1) is 19.3. The molecule has 7 heteroatoms. The molecule has 0 spiro atoms. The van der Waals surface area contributed by atoms with Gasteiger partial charge in [0.15, 0.2) is 0 Å². The lowest BCUT2D eigenvalue weighted by Gasteiger charge is -2.23. The summed E-state index contributed by atoms with van der Waals surface area (Å²) in [6, 6.07) is 11.1. The van der Waals surface area contributed by atoms with E-state index in [1.807, 2.05) is 31.2 Å². The standard InChI is InChI=1S/C20H26N4O3/c1-16-3-5-17(6-4-16)18-7-8-20(26)24(22-18)15-19(25)21-9-2-10-23-11-13-27-14-12-23/h3-8H,2,9-15H2,1H3,(H,21,25)/p+1. The Hall–Kier alpha value is -2.51. The summed E-state index contributed by atoms with van der Waals surface area (Å²) in [7, 11) is 0. The van der Waals surface area contributed by atoms with Crippen molar-refractivity contribution in [3.8, 4) is 11.3 Å². The van der Waals surface area contributed by atoms with E-state index in [2.05, 4.69) is 10.4 Å². The highest BCUT2D eigenvalue weighted by molar-refractivity contribution is 5.75. The number of morpholine rings is 1. The van der Waals surface area contributed by atoms with Crippen LogP contribution in [0.4, 0.5) is 0 Å². The van der Waals surface area contributed by atoms with E-state index in [-0.39, 0.29) is 18.0 Å². The van der Waals surface area contributed by atoms with Crippen LogP contribution in [0.25, 0.3) is 11.3 Å². The summed E-state index contributed by atoms with van der Waals surface area (Å²) >= 11 is 0. The third-order valence-electron chi connectivity index (χ3n) is 4.74. The fourth-order valence-corrected chi connectivity index (χ4v) is 3.11. The van der Waals surface area contributed by atoms with Gasteiger partial charge in [0.05, 0.1) is 25.5 Å². The fourth-order valence-electron chi connectivity index (χ4n) is 3.11. The van der Waals surface area contributed by atoms with Gasteiger partial charge in [0.1, 0.15) is 19.6 Å². The second kappa shape index (κ2) is 9.43. The molecule has 0 radical (unpaired) electrons. The molecule has 1 saturated heterocycles. The molecule has 144 valence electrons. The predicted molar refractivity (Wildman–Crippen MR) is 103 cm³/mol. The molecular formula is C20H27N4O3+. The molecule has 2 aromatic rings. The Kier molecular flexibility index (Phi) is 6.73. The topological polar surface area (TPSA) is 77.7 Å². The lowest BCUT2D eigenvalue weighted by molar-refractivity contribution is -0.908. The van der Waals surface area contributed by atoms with Crippen molar-refractivity contribution in [2.45, 2.75) is 19.9 Å². The number of aromatic nitrogens is 2. The summed E-state index contributed by atoms with van der Waals surface area (Å²) in [6.07, 6.45) is 0.910. The summed E-state index contributed by atoms with van der Waals surface area (Å²) in [6.45, 7) is 7.26. The molecule has 0 atom stereocenters. The van der Waals surface area contributed by atoms with Gasteiger partial charge in [-0.25, -0.2) is 4.68 Å². The first-order chi connectivity index (χ1) is 13.1. The van der Waals surface area contributed by atoms with Gasteiger partial charge in [-0.1, -0.05) is 29.8 Å². The zero-order chi connectivity index (χ0) is 19.1. The Morgan fingerprint density at radius 3 is 2.67 bits per heavy atom. The number of rotatable bonds is 7. The maximum atomic E-state index is 12.2. The van der Waals surface area contributed by atoms with E-state index in [4.69, 9.17) is 4.74 Å². The number of quaternary nitrogens is 1. The van der Waals surface area contributed by atoms with Gasteiger partial charge >= 0.3 is 0 Å². The van der Waals surface area contributed by atoms with Crippen LogP contribution < -0.4 is 15.8 Å². The van der Waals surface area contributed by atoms with Crippen LogP contribution in [-0.2, 0) is 16.1 Å². The monoisotopic (exact) mass is 371 g/mol. The van der Waals surface area contributed by atoms with Gasteiger partial charge in [0.25, 0.3) is 5.56 Å². The predicted octanol–water partition coefficient (Wildman–Crippen LogP) is -0.360. The molecule has 1 amide bonds. The van der Waals surface area contributed by atoms with Crippen molar-refractivity contribution in [3.63, 3.8) is 0 Å². The van der Waals surface area contributed by atoms with E-state index < -0.39 is 0 Å². The van der Waals surface area contributed by atoms with Crippen LogP contribution >= 0.6 is 0 Å². The largest absolute Gasteiger partial charge is 0.370 e. The molecule has 0 unspecified atom stereocenters. The third kappa shape index (κ3) is 5.74. The van der Waals surface area contributed by atoms with Crippen molar-refractivity contribution in [1.29, 1.82) is 0 Å². The Balaban J connectivity index is 1.51. The summed E-state index contributed by atoms with van der Waals surface area (Å²) < 4.78 is 6.56. The molecular weight excluding hydrogens is 344 g/mol. The number of carbonyl (C=O) groups is 1. The number of benzene rings is 1. The lowest BCUT2D eigenvalue weighted by atomic mass is 10.1. The molecule has 27 heavy (non-hydrogen) atoms. The van der Waals surface area contributed by atoms with Crippen LogP contribution in [-0.4, -0.2) is 55.1 Å². The van der Waals surface area contributed by atoms with Gasteiger partial charge in [0, 0.05) is 24.6 Å². The van der Waals surface area contributed by atoms with Crippen LogP contribution in [0.1, 0.15) is 12.0 Å². The highest BCUT2D eigenvalue weighted by Gasteiger charge is 2.13. The molecule has 7 nitrogen and oxygen atoms in total. The van der Waals surface area contributed by atoms with Gasteiger partial charge < -0.3 is 15.0 Å². The van der Waals surface area contributed by atoms with Crippen molar-refractivity contribution in [3.05, 3.63) is 52.3 Å². The molecule has 3 rings (SSSR count). The minimum absolute atomic E-state index is 0.0665. The van der Waals surface area contributed by atoms with Crippen LogP contribution in [0.3, 0.4) is 0 Å². The van der Waals surface area contributed by atoms with Gasteiger partial charge in [-0.15, -0.1) is 0 Å². The number of hydrogen-bond acceptors (Lipinski definition) is 4. The summed E-state index contributed by atoms with van der Waals surface area (Å²) in [4.78, 5) is 25.7. The van der Waals surface area contributed by atoms with Crippen molar-refractivity contribution < 1.29 is 14.4 Å². The van der Waals surface area contributed by atoms with E-state index in [9.17, 15) is 9.59 Å². The average Bonchev–Trinajstić information content (AvgIpc) is 2.68. The van der Waals surface area contributed by atoms with Gasteiger partial charge in [-0.05, 0) is 13.0 Å². The van der Waals surface area contributed by atoms with Crippen LogP contribution in [0, 0.1) is 6.92 Å². The Labute approximate surface area is 158 Å². The molecule has 1 aliphatic heterocycles. The number of carbonyl (C=O) groups excluding carboxylic acids is 1. The van der Waals surface area contributed by atoms with E-state index in [0.717, 1.165) is 50.4 Å². The SMILES string of the molecule is Cc1ccc(-c2ccc(=O)n(CC(=O)NCCC[NH+]3CCOCC3)n2)cc1. The molecule has 1 fully saturated rings. The van der Waals surface area contributed by atoms with Crippen molar-refractivity contribution in [2.75, 3.05) is 39.4 Å². The highest BCUT2D eigenvalue weighted by atomic mass is 16.5. The molecule has 0 bridgehead atoms. The quantitative estimate of drug-likeness (QED) is 0.652. The minimum Gasteiger partial charge on any atom is -0.370 e. The average molecular weight is 371 g/mol. The van der Waals surface area contributed by atoms with E-state index in [1.54, 1.807) is 6.07 Å². The van der Waals surface area contributed by atoms with Crippen LogP contribution in [0.5, 0.6) is 0 Å². The number of aryl methyl sites for hydroxylation is 1. The first-order valence-electron chi connectivity index (χ1n) is 9.45. The van der Waals surface area contributed by atoms with E-state index in [0.29, 0.717) is 12.2 Å². The fraction of sp³-hybridized carbons (Fsp3) is 0.450. The van der Waals surface area contributed by atoms with E-state index >= 15 is 0 Å². The Bertz CT molecular complexity index is 811. The molecule has 2 heterocycles. The zero-order valence-corrected chi connectivity index (χ0v) is 15.7. The minimum atomic E-state index is -0.279. The van der Waals surface area contributed by atoms with Gasteiger partial charge in [-0.3, -0.25) is 9.59 Å². The first-order valence-corrected chi connectivity index (χ1v) is 9.45. The van der Waals surface area contributed by atoms with Gasteiger partial charge in [-0.2, -0.15) is 5.10 Å². The third-order valence-corrected chi connectivity index (χ3v) is 4.74. The Morgan fingerprint density at radius 2 is 1.93 bits per heavy atom. The van der Waals surface area contributed by atoms with Crippen LogP contribution in [0.15, 0.2) is 41.2 Å². The molecule has 0 saturated carbocycles. The number of amides is 1. The second-order valence-corrected chi connectivity index (χ2v) is 6.90. The smallest absolute Gasteiger partial charge is 0.267 e. The Morgan fingerprint density at radius 1 is 1.19 bits per heavy atom. The normalized spacial score (nSPS) is 14.9. The number of ether oxygens (including phenoxy) is 1. The number of nitrogens with zero attached hydrogens (tertiary/aromatic N) is 2. The maximum Gasteiger partial charge on any atom is 0.267 e. The molecule has 1 aromatic carbocycles. The van der Waals surface area contributed by atoms with Gasteiger partial charge in [0.2, 0.25) is 5.91 Å². The lowest BCUT2D eigenvalue weighted by Crippen LogP contribution is -3.14. The summed E-state index contributed by atoms with van der Waals surface area (Å²) in [5.74, 6) is -0.192. The van der Waals surface area contributed by atoms with E-state index in [1.165, 1.54) is 15.6 Å².